The molecule has 2 aliphatic rings. The quantitative estimate of drug-likeness (QED) is 0.449. The number of nitrogens with zero attached hydrogens (tertiary/aromatic N) is 2. The van der Waals surface area contributed by atoms with Crippen LogP contribution in [0.2, 0.25) is 0 Å². The van der Waals surface area contributed by atoms with E-state index < -0.39 is 18.1 Å². The van der Waals surface area contributed by atoms with E-state index in [-0.39, 0.29) is 31.6 Å². The maximum absolute atomic E-state index is 14.0. The second-order valence-electron chi connectivity index (χ2n) is 9.82. The lowest BCUT2D eigenvalue weighted by Gasteiger charge is -2.37. The Balaban J connectivity index is 1.46. The van der Waals surface area contributed by atoms with E-state index in [0.717, 1.165) is 36.8 Å². The van der Waals surface area contributed by atoms with Gasteiger partial charge < -0.3 is 19.5 Å². The number of amides is 1. The zero-order chi connectivity index (χ0) is 26.5. The van der Waals surface area contributed by atoms with E-state index in [1.165, 1.54) is 4.90 Å². The summed E-state index contributed by atoms with van der Waals surface area (Å²) in [6.07, 6.45) is 3.03. The Morgan fingerprint density at radius 2 is 1.68 bits per heavy atom. The summed E-state index contributed by atoms with van der Waals surface area (Å²) in [7, 11) is 0. The molecule has 3 aromatic rings. The predicted octanol–water partition coefficient (Wildman–Crippen LogP) is 5.18. The van der Waals surface area contributed by atoms with Gasteiger partial charge in [-0.2, -0.15) is 5.26 Å². The lowest BCUT2D eigenvalue weighted by Crippen LogP contribution is -2.50. The maximum Gasteiger partial charge on any atom is 0.326 e. The minimum absolute atomic E-state index is 0.0271. The first kappa shape index (κ1) is 25.5. The number of hydrogen-bond donors (Lipinski definition) is 1. The van der Waals surface area contributed by atoms with Crippen LogP contribution in [0.5, 0.6) is 5.75 Å². The van der Waals surface area contributed by atoms with Gasteiger partial charge in [0.1, 0.15) is 24.5 Å². The number of rotatable bonds is 8. The van der Waals surface area contributed by atoms with Crippen LogP contribution in [-0.4, -0.2) is 34.0 Å². The van der Waals surface area contributed by atoms with E-state index in [4.69, 9.17) is 9.47 Å². The van der Waals surface area contributed by atoms with Crippen LogP contribution < -0.4 is 4.74 Å². The van der Waals surface area contributed by atoms with Gasteiger partial charge in [-0.15, -0.1) is 0 Å². The highest BCUT2D eigenvalue weighted by Crippen LogP contribution is 2.37. The van der Waals surface area contributed by atoms with Crippen molar-refractivity contribution in [3.05, 3.63) is 101 Å². The molecule has 0 radical (unpaired) electrons. The van der Waals surface area contributed by atoms with Crippen molar-refractivity contribution in [2.75, 3.05) is 0 Å². The molecule has 194 valence electrons. The molecule has 1 aliphatic heterocycles. The van der Waals surface area contributed by atoms with Crippen molar-refractivity contribution in [3.63, 3.8) is 0 Å². The number of aliphatic carboxylic acids is 1. The van der Waals surface area contributed by atoms with Gasteiger partial charge in [0.15, 0.2) is 6.10 Å². The summed E-state index contributed by atoms with van der Waals surface area (Å²) in [5.41, 5.74) is 3.42. The SMILES string of the molecule is N#Cc1ccc2c(c1OCc1ccccc1)CC(C(=O)O)N(C(=O)[C@@H](OC1CCCC1)c1ccccc1)C2. The second kappa shape index (κ2) is 11.5. The van der Waals surface area contributed by atoms with Gasteiger partial charge in [-0.25, -0.2) is 4.79 Å². The minimum Gasteiger partial charge on any atom is -0.487 e. The van der Waals surface area contributed by atoms with Crippen LogP contribution in [0, 0.1) is 11.3 Å². The summed E-state index contributed by atoms with van der Waals surface area (Å²) < 4.78 is 12.4. The molecule has 1 heterocycles. The molecule has 7 heteroatoms. The fourth-order valence-corrected chi connectivity index (χ4v) is 5.35. The van der Waals surface area contributed by atoms with Gasteiger partial charge in [0.25, 0.3) is 5.91 Å². The molecule has 1 unspecified atom stereocenters. The Labute approximate surface area is 222 Å². The Hall–Kier alpha value is -4.15. The van der Waals surface area contributed by atoms with Gasteiger partial charge in [0.2, 0.25) is 0 Å². The summed E-state index contributed by atoms with van der Waals surface area (Å²) in [6, 6.07) is 23.4. The molecule has 0 bridgehead atoms. The van der Waals surface area contributed by atoms with E-state index >= 15 is 0 Å². The highest BCUT2D eigenvalue weighted by atomic mass is 16.5. The summed E-state index contributed by atoms with van der Waals surface area (Å²) in [5, 5.41) is 19.9. The number of carboxylic acids is 1. The number of hydrogen-bond acceptors (Lipinski definition) is 5. The number of nitriles is 1. The lowest BCUT2D eigenvalue weighted by molar-refractivity contribution is -0.160. The third-order valence-electron chi connectivity index (χ3n) is 7.34. The van der Waals surface area contributed by atoms with E-state index in [1.807, 2.05) is 60.7 Å². The highest BCUT2D eigenvalue weighted by Gasteiger charge is 2.40. The van der Waals surface area contributed by atoms with E-state index in [0.29, 0.717) is 22.4 Å². The number of carbonyl (C=O) groups excluding carboxylic acids is 1. The van der Waals surface area contributed by atoms with Crippen molar-refractivity contribution >= 4 is 11.9 Å². The van der Waals surface area contributed by atoms with Crippen molar-refractivity contribution in [1.82, 2.24) is 4.90 Å². The third-order valence-corrected chi connectivity index (χ3v) is 7.34. The largest absolute Gasteiger partial charge is 0.487 e. The molecular formula is C31H30N2O5. The Morgan fingerprint density at radius 1 is 1.00 bits per heavy atom. The van der Waals surface area contributed by atoms with E-state index in [9.17, 15) is 20.0 Å². The van der Waals surface area contributed by atoms with Gasteiger partial charge in [-0.1, -0.05) is 79.6 Å². The van der Waals surface area contributed by atoms with Gasteiger partial charge in [0.05, 0.1) is 11.7 Å². The van der Waals surface area contributed by atoms with Gasteiger partial charge in [0, 0.05) is 18.5 Å². The fraction of sp³-hybridized carbons (Fsp3) is 0.323. The summed E-state index contributed by atoms with van der Waals surface area (Å²) in [6.45, 7) is 0.341. The Kier molecular flexibility index (Phi) is 7.71. The van der Waals surface area contributed by atoms with Crippen molar-refractivity contribution < 1.29 is 24.2 Å². The molecule has 0 saturated heterocycles. The van der Waals surface area contributed by atoms with Crippen LogP contribution in [0.25, 0.3) is 0 Å². The summed E-state index contributed by atoms with van der Waals surface area (Å²) >= 11 is 0. The molecule has 2 atom stereocenters. The molecule has 1 N–H and O–H groups in total. The van der Waals surface area contributed by atoms with Crippen LogP contribution in [0.4, 0.5) is 0 Å². The number of ether oxygens (including phenoxy) is 2. The lowest BCUT2D eigenvalue weighted by atomic mass is 9.90. The Morgan fingerprint density at radius 3 is 2.34 bits per heavy atom. The number of fused-ring (bicyclic) bond motifs is 1. The summed E-state index contributed by atoms with van der Waals surface area (Å²) in [4.78, 5) is 27.9. The van der Waals surface area contributed by atoms with Gasteiger partial charge in [-0.05, 0) is 35.6 Å². The number of benzene rings is 3. The average molecular weight is 511 g/mol. The molecule has 0 spiro atoms. The second-order valence-corrected chi connectivity index (χ2v) is 9.82. The normalized spacial score (nSPS) is 17.9. The van der Waals surface area contributed by atoms with Crippen LogP contribution in [0.15, 0.2) is 72.8 Å². The van der Waals surface area contributed by atoms with Crippen molar-refractivity contribution in [3.8, 4) is 11.8 Å². The zero-order valence-corrected chi connectivity index (χ0v) is 21.1. The van der Waals surface area contributed by atoms with Crippen molar-refractivity contribution in [2.24, 2.45) is 0 Å². The molecule has 3 aromatic carbocycles. The topological polar surface area (TPSA) is 99.9 Å². The number of carboxylic acid groups (broad SMARTS) is 1. The van der Waals surface area contributed by atoms with Crippen LogP contribution >= 0.6 is 0 Å². The van der Waals surface area contributed by atoms with Crippen LogP contribution in [0.1, 0.15) is 59.6 Å². The number of carbonyl (C=O) groups is 2. The first-order valence-electron chi connectivity index (χ1n) is 13.0. The van der Waals surface area contributed by atoms with Gasteiger partial charge >= 0.3 is 5.97 Å². The monoisotopic (exact) mass is 510 g/mol. The average Bonchev–Trinajstić information content (AvgIpc) is 3.48. The molecule has 1 fully saturated rings. The van der Waals surface area contributed by atoms with Crippen LogP contribution in [-0.2, 0) is 33.9 Å². The van der Waals surface area contributed by atoms with Crippen molar-refractivity contribution in [2.45, 2.75) is 63.5 Å². The molecule has 7 nitrogen and oxygen atoms in total. The molecule has 1 amide bonds. The van der Waals surface area contributed by atoms with E-state index in [2.05, 4.69) is 6.07 Å². The Bertz CT molecular complexity index is 1330. The molecule has 5 rings (SSSR count). The fourth-order valence-electron chi connectivity index (χ4n) is 5.35. The predicted molar refractivity (Wildman–Crippen MR) is 140 cm³/mol. The zero-order valence-electron chi connectivity index (χ0n) is 21.1. The molecular weight excluding hydrogens is 480 g/mol. The molecule has 38 heavy (non-hydrogen) atoms. The standard InChI is InChI=1S/C31H30N2O5/c32-18-23-15-16-24-19-33(30(34)29(22-11-5-2-6-12-22)38-25-13-7-8-14-25)27(31(35)36)17-26(24)28(23)37-20-21-9-3-1-4-10-21/h1-6,9-12,15-16,25,27,29H,7-8,13-14,17,19-20H2,(H,35,36)/t27?,29-/m0/s1. The third kappa shape index (κ3) is 5.41. The highest BCUT2D eigenvalue weighted by molar-refractivity contribution is 5.88. The van der Waals surface area contributed by atoms with Crippen molar-refractivity contribution in [1.29, 1.82) is 5.26 Å². The maximum atomic E-state index is 14.0. The molecule has 1 aliphatic carbocycles. The molecule has 1 saturated carbocycles. The minimum atomic E-state index is -1.11. The van der Waals surface area contributed by atoms with Crippen LogP contribution in [0.3, 0.4) is 0 Å². The smallest absolute Gasteiger partial charge is 0.326 e. The van der Waals surface area contributed by atoms with E-state index in [1.54, 1.807) is 12.1 Å². The van der Waals surface area contributed by atoms with Gasteiger partial charge in [-0.3, -0.25) is 4.79 Å². The molecule has 0 aromatic heterocycles. The first-order valence-corrected chi connectivity index (χ1v) is 13.0. The first-order chi connectivity index (χ1) is 18.5. The summed E-state index contributed by atoms with van der Waals surface area (Å²) in [5.74, 6) is -1.08.